The number of rotatable bonds is 3. The van der Waals surface area contributed by atoms with Crippen molar-refractivity contribution in [3.63, 3.8) is 0 Å². The summed E-state index contributed by atoms with van der Waals surface area (Å²) in [6.07, 6.45) is 0.703. The van der Waals surface area contributed by atoms with Crippen LogP contribution < -0.4 is 11.3 Å². The number of nitrogens with one attached hydrogen (secondary N) is 1. The lowest BCUT2D eigenvalue weighted by molar-refractivity contribution is 0.404. The van der Waals surface area contributed by atoms with E-state index in [0.717, 1.165) is 4.88 Å². The van der Waals surface area contributed by atoms with Gasteiger partial charge in [-0.2, -0.15) is 0 Å². The summed E-state index contributed by atoms with van der Waals surface area (Å²) in [6, 6.07) is 2.01. The van der Waals surface area contributed by atoms with Crippen LogP contribution in [0.25, 0.3) is 0 Å². The largest absolute Gasteiger partial charge is 0.271 e. The average Bonchev–Trinajstić information content (AvgIpc) is 2.76. The van der Waals surface area contributed by atoms with Crippen molar-refractivity contribution in [2.24, 2.45) is 11.8 Å². The van der Waals surface area contributed by atoms with Gasteiger partial charge in [0, 0.05) is 4.88 Å². The van der Waals surface area contributed by atoms with Gasteiger partial charge in [0.1, 0.15) is 0 Å². The zero-order valence-electron chi connectivity index (χ0n) is 9.14. The zero-order chi connectivity index (χ0) is 11.8. The molecule has 1 aromatic heterocycles. The van der Waals surface area contributed by atoms with E-state index in [9.17, 15) is 8.42 Å². The first-order valence-electron chi connectivity index (χ1n) is 5.24. The van der Waals surface area contributed by atoms with Crippen molar-refractivity contribution in [3.8, 4) is 0 Å². The third-order valence-electron chi connectivity index (χ3n) is 3.10. The lowest BCUT2D eigenvalue weighted by atomic mass is 9.97. The van der Waals surface area contributed by atoms with E-state index >= 15 is 0 Å². The lowest BCUT2D eigenvalue weighted by Gasteiger charge is -2.21. The number of hydrogen-bond acceptors (Lipinski definition) is 5. The topological polar surface area (TPSA) is 72.2 Å². The average molecular weight is 260 g/mol. The van der Waals surface area contributed by atoms with Crippen LogP contribution in [0.4, 0.5) is 0 Å². The van der Waals surface area contributed by atoms with Gasteiger partial charge in [0.2, 0.25) is 0 Å². The maximum absolute atomic E-state index is 11.5. The molecule has 0 aliphatic carbocycles. The summed E-state index contributed by atoms with van der Waals surface area (Å²) in [5.74, 6) is 6.21. The van der Waals surface area contributed by atoms with Crippen molar-refractivity contribution in [2.75, 3.05) is 11.5 Å². The van der Waals surface area contributed by atoms with Crippen LogP contribution in [-0.2, 0) is 9.84 Å². The van der Waals surface area contributed by atoms with Crippen molar-refractivity contribution in [3.05, 3.63) is 21.9 Å². The highest BCUT2D eigenvalue weighted by atomic mass is 32.2. The van der Waals surface area contributed by atoms with E-state index in [4.69, 9.17) is 5.84 Å². The van der Waals surface area contributed by atoms with E-state index in [-0.39, 0.29) is 17.7 Å². The summed E-state index contributed by atoms with van der Waals surface area (Å²) in [4.78, 5) is 1.16. The minimum Gasteiger partial charge on any atom is -0.271 e. The molecular formula is C10H16N2O2S2. The van der Waals surface area contributed by atoms with Gasteiger partial charge in [-0.05, 0) is 36.3 Å². The van der Waals surface area contributed by atoms with Crippen molar-refractivity contribution in [2.45, 2.75) is 19.4 Å². The van der Waals surface area contributed by atoms with Crippen LogP contribution in [0.2, 0.25) is 0 Å². The summed E-state index contributed by atoms with van der Waals surface area (Å²) in [7, 11) is -2.85. The fourth-order valence-electron chi connectivity index (χ4n) is 2.22. The van der Waals surface area contributed by atoms with E-state index in [0.29, 0.717) is 12.2 Å². The second-order valence-electron chi connectivity index (χ2n) is 4.28. The summed E-state index contributed by atoms with van der Waals surface area (Å²) in [5, 5.41) is 2.01. The van der Waals surface area contributed by atoms with Crippen LogP contribution in [0.5, 0.6) is 0 Å². The van der Waals surface area contributed by atoms with Gasteiger partial charge in [0.05, 0.1) is 17.5 Å². The molecule has 16 heavy (non-hydrogen) atoms. The molecule has 1 saturated heterocycles. The van der Waals surface area contributed by atoms with Crippen molar-refractivity contribution in [1.82, 2.24) is 5.43 Å². The highest BCUT2D eigenvalue weighted by molar-refractivity contribution is 7.91. The fourth-order valence-corrected chi connectivity index (χ4v) is 5.14. The smallest absolute Gasteiger partial charge is 0.150 e. The Morgan fingerprint density at radius 1 is 1.62 bits per heavy atom. The van der Waals surface area contributed by atoms with Crippen molar-refractivity contribution >= 4 is 21.2 Å². The van der Waals surface area contributed by atoms with Gasteiger partial charge in [-0.1, -0.05) is 0 Å². The Morgan fingerprint density at radius 3 is 2.81 bits per heavy atom. The Labute approximate surface area is 99.7 Å². The predicted octanol–water partition coefficient (Wildman–Crippen LogP) is 0.996. The molecule has 0 radical (unpaired) electrons. The molecule has 1 aliphatic rings. The quantitative estimate of drug-likeness (QED) is 0.628. The molecule has 2 unspecified atom stereocenters. The molecule has 0 aromatic carbocycles. The maximum atomic E-state index is 11.5. The van der Waals surface area contributed by atoms with Crippen LogP contribution in [0, 0.1) is 12.8 Å². The lowest BCUT2D eigenvalue weighted by Crippen LogP contribution is -2.34. The van der Waals surface area contributed by atoms with E-state index < -0.39 is 9.84 Å². The number of thiophene rings is 1. The molecule has 0 saturated carbocycles. The van der Waals surface area contributed by atoms with Gasteiger partial charge >= 0.3 is 0 Å². The standard InChI is InChI=1S/C10H16N2O2S2/c1-7-2-4-15-10(7)9(12-11)8-3-5-16(13,14)6-8/h2,4,8-9,12H,3,5-6,11H2,1H3. The number of aryl methyl sites for hydroxylation is 1. The Balaban J connectivity index is 2.22. The maximum Gasteiger partial charge on any atom is 0.150 e. The number of nitrogens with two attached hydrogens (primary N) is 1. The molecule has 0 amide bonds. The van der Waals surface area contributed by atoms with Crippen LogP contribution in [0.15, 0.2) is 11.4 Å². The van der Waals surface area contributed by atoms with Gasteiger partial charge in [-0.15, -0.1) is 11.3 Å². The van der Waals surface area contributed by atoms with E-state index in [1.165, 1.54) is 5.56 Å². The van der Waals surface area contributed by atoms with Crippen LogP contribution in [-0.4, -0.2) is 19.9 Å². The molecule has 1 fully saturated rings. The molecule has 2 heterocycles. The molecule has 1 aromatic rings. The molecular weight excluding hydrogens is 244 g/mol. The SMILES string of the molecule is Cc1ccsc1C(NN)C1CCS(=O)(=O)C1. The highest BCUT2D eigenvalue weighted by Crippen LogP contribution is 2.34. The molecule has 1 aliphatic heterocycles. The van der Waals surface area contributed by atoms with E-state index in [2.05, 4.69) is 5.43 Å². The summed E-state index contributed by atoms with van der Waals surface area (Å²) in [5.41, 5.74) is 3.95. The second-order valence-corrected chi connectivity index (χ2v) is 7.45. The van der Waals surface area contributed by atoms with Crippen LogP contribution in [0.3, 0.4) is 0 Å². The Bertz CT molecular complexity index is 467. The fraction of sp³-hybridized carbons (Fsp3) is 0.600. The molecule has 0 spiro atoms. The summed E-state index contributed by atoms with van der Waals surface area (Å²) < 4.78 is 22.9. The van der Waals surface area contributed by atoms with E-state index in [1.807, 2.05) is 18.4 Å². The first-order valence-corrected chi connectivity index (χ1v) is 7.94. The predicted molar refractivity (Wildman–Crippen MR) is 65.9 cm³/mol. The molecule has 2 rings (SSSR count). The van der Waals surface area contributed by atoms with Gasteiger partial charge in [-0.3, -0.25) is 11.3 Å². The third-order valence-corrected chi connectivity index (χ3v) is 6.00. The number of hydrazine groups is 1. The molecule has 90 valence electrons. The number of sulfone groups is 1. The van der Waals surface area contributed by atoms with Gasteiger partial charge < -0.3 is 0 Å². The normalized spacial score (nSPS) is 25.8. The van der Waals surface area contributed by atoms with Gasteiger partial charge in [0.25, 0.3) is 0 Å². The molecule has 0 bridgehead atoms. The van der Waals surface area contributed by atoms with E-state index in [1.54, 1.807) is 11.3 Å². The summed E-state index contributed by atoms with van der Waals surface area (Å²) >= 11 is 1.63. The molecule has 4 nitrogen and oxygen atoms in total. The van der Waals surface area contributed by atoms with Crippen LogP contribution in [0.1, 0.15) is 22.9 Å². The zero-order valence-corrected chi connectivity index (χ0v) is 10.8. The van der Waals surface area contributed by atoms with Crippen LogP contribution >= 0.6 is 11.3 Å². The second kappa shape index (κ2) is 4.44. The Kier molecular flexibility index (Phi) is 3.34. The minimum absolute atomic E-state index is 0.0303. The van der Waals surface area contributed by atoms with Crippen molar-refractivity contribution in [1.29, 1.82) is 0 Å². The molecule has 6 heteroatoms. The highest BCUT2D eigenvalue weighted by Gasteiger charge is 2.34. The molecule has 2 atom stereocenters. The Morgan fingerprint density at radius 2 is 2.38 bits per heavy atom. The Hall–Kier alpha value is -0.430. The van der Waals surface area contributed by atoms with Gasteiger partial charge in [-0.25, -0.2) is 8.42 Å². The third kappa shape index (κ3) is 2.29. The first-order chi connectivity index (χ1) is 7.53. The summed E-state index contributed by atoms with van der Waals surface area (Å²) in [6.45, 7) is 2.03. The first kappa shape index (κ1) is 12.0. The van der Waals surface area contributed by atoms with Gasteiger partial charge in [0.15, 0.2) is 9.84 Å². The van der Waals surface area contributed by atoms with Crippen molar-refractivity contribution < 1.29 is 8.42 Å². The monoisotopic (exact) mass is 260 g/mol. The number of hydrogen-bond donors (Lipinski definition) is 2. The molecule has 3 N–H and O–H groups in total. The minimum atomic E-state index is -2.85.